The van der Waals surface area contributed by atoms with E-state index in [2.05, 4.69) is 6.07 Å². The molecule has 1 amide bonds. The van der Waals surface area contributed by atoms with Gasteiger partial charge in [-0.3, -0.25) is 4.79 Å². The second kappa shape index (κ2) is 12.0. The molecule has 3 rings (SSSR count). The van der Waals surface area contributed by atoms with E-state index in [1.807, 2.05) is 47.4 Å². The first-order valence-corrected chi connectivity index (χ1v) is 9.81. The van der Waals surface area contributed by atoms with E-state index in [0.717, 1.165) is 24.4 Å². The molecule has 1 aliphatic heterocycles. The topological polar surface area (TPSA) is 78.0 Å². The summed E-state index contributed by atoms with van der Waals surface area (Å²) in [5, 5.41) is 19.4. The molecule has 2 N–H and O–H groups in total. The summed E-state index contributed by atoms with van der Waals surface area (Å²) in [6.45, 7) is 3.72. The molecule has 2 aromatic rings. The van der Waals surface area contributed by atoms with Crippen molar-refractivity contribution in [3.8, 4) is 11.8 Å². The van der Waals surface area contributed by atoms with Crippen molar-refractivity contribution in [2.45, 2.75) is 6.10 Å². The molecule has 0 saturated carbocycles. The highest BCUT2D eigenvalue weighted by molar-refractivity contribution is 5.92. The van der Waals surface area contributed by atoms with Crippen LogP contribution in [0.15, 0.2) is 60.7 Å². The molecule has 0 aliphatic carbocycles. The smallest absolute Gasteiger partial charge is 0.246 e. The summed E-state index contributed by atoms with van der Waals surface area (Å²) < 4.78 is 5.60. The molecule has 158 valence electrons. The lowest BCUT2D eigenvalue weighted by molar-refractivity contribution is -0.907. The summed E-state index contributed by atoms with van der Waals surface area (Å²) in [6.07, 6.45) is 2.68. The van der Waals surface area contributed by atoms with E-state index in [4.69, 9.17) is 10.00 Å². The number of carbonyl (C=O) groups excluding carboxylic acids is 1. The molecule has 0 bridgehead atoms. The molecule has 0 radical (unpaired) electrons. The van der Waals surface area contributed by atoms with E-state index in [1.54, 1.807) is 18.2 Å². The van der Waals surface area contributed by atoms with Gasteiger partial charge in [0.15, 0.2) is 0 Å². The molecular formula is C23H26ClN3O3. The zero-order chi connectivity index (χ0) is 20.5. The van der Waals surface area contributed by atoms with Crippen molar-refractivity contribution in [2.24, 2.45) is 0 Å². The van der Waals surface area contributed by atoms with Crippen LogP contribution in [0, 0.1) is 11.3 Å². The first kappa shape index (κ1) is 23.4. The highest BCUT2D eigenvalue weighted by Gasteiger charge is 2.24. The third-order valence-electron chi connectivity index (χ3n) is 4.98. The molecule has 6 nitrogen and oxygen atoms in total. The van der Waals surface area contributed by atoms with E-state index in [9.17, 15) is 9.90 Å². The molecule has 1 heterocycles. The molecule has 2 aromatic carbocycles. The van der Waals surface area contributed by atoms with Gasteiger partial charge in [-0.1, -0.05) is 36.4 Å². The Bertz CT molecular complexity index is 875. The van der Waals surface area contributed by atoms with Crippen LogP contribution >= 0.6 is 0 Å². The molecule has 0 spiro atoms. The minimum Gasteiger partial charge on any atom is -1.00 e. The van der Waals surface area contributed by atoms with Crippen LogP contribution in [0.5, 0.6) is 5.75 Å². The number of aliphatic hydroxyl groups is 1. The largest absolute Gasteiger partial charge is 1.00 e. The first-order chi connectivity index (χ1) is 14.2. The number of halogens is 1. The minimum atomic E-state index is -0.546. The Hall–Kier alpha value is -2.85. The number of hydrogen-bond acceptors (Lipinski definition) is 4. The van der Waals surface area contributed by atoms with Gasteiger partial charge < -0.3 is 32.1 Å². The lowest BCUT2D eigenvalue weighted by Crippen LogP contribution is -3.15. The summed E-state index contributed by atoms with van der Waals surface area (Å²) in [4.78, 5) is 15.5. The maximum absolute atomic E-state index is 12.4. The van der Waals surface area contributed by atoms with Crippen molar-refractivity contribution in [3.63, 3.8) is 0 Å². The van der Waals surface area contributed by atoms with E-state index in [-0.39, 0.29) is 24.9 Å². The van der Waals surface area contributed by atoms with Crippen LogP contribution in [0.25, 0.3) is 6.08 Å². The standard InChI is InChI=1S/C23H25N3O3.ClH/c24-16-20-7-5-4-6-19(20)10-11-23(28)26-14-12-25(13-15-26)17-21(27)18-29-22-8-2-1-3-9-22;/h1-11,21,27H,12-15,17-18H2;1H. The summed E-state index contributed by atoms with van der Waals surface area (Å²) in [7, 11) is 0. The van der Waals surface area contributed by atoms with Gasteiger partial charge in [-0.25, -0.2) is 0 Å². The van der Waals surface area contributed by atoms with Gasteiger partial charge in [-0.2, -0.15) is 5.26 Å². The van der Waals surface area contributed by atoms with Crippen LogP contribution in [0.3, 0.4) is 0 Å². The van der Waals surface area contributed by atoms with Crippen molar-refractivity contribution in [2.75, 3.05) is 39.3 Å². The summed E-state index contributed by atoms with van der Waals surface area (Å²) in [5.74, 6) is 0.700. The van der Waals surface area contributed by atoms with E-state index in [1.165, 1.54) is 11.0 Å². The number of hydrogen-bond donors (Lipinski definition) is 2. The van der Waals surface area contributed by atoms with Crippen LogP contribution in [0.1, 0.15) is 11.1 Å². The molecule has 1 fully saturated rings. The predicted octanol–water partition coefficient (Wildman–Crippen LogP) is -2.26. The maximum atomic E-state index is 12.4. The molecular weight excluding hydrogens is 402 g/mol. The molecule has 1 aliphatic rings. The van der Waals surface area contributed by atoms with Crippen molar-refractivity contribution in [1.29, 1.82) is 5.26 Å². The zero-order valence-electron chi connectivity index (χ0n) is 16.7. The van der Waals surface area contributed by atoms with Crippen molar-refractivity contribution in [1.82, 2.24) is 4.90 Å². The number of ether oxygens (including phenoxy) is 1. The van der Waals surface area contributed by atoms with E-state index in [0.29, 0.717) is 25.2 Å². The Kier molecular flexibility index (Phi) is 9.36. The van der Waals surface area contributed by atoms with Gasteiger partial charge in [0.1, 0.15) is 25.0 Å². The van der Waals surface area contributed by atoms with Gasteiger partial charge in [0.25, 0.3) is 0 Å². The zero-order valence-corrected chi connectivity index (χ0v) is 17.5. The van der Waals surface area contributed by atoms with Crippen LogP contribution in [-0.4, -0.2) is 61.3 Å². The minimum absolute atomic E-state index is 0. The number of nitriles is 1. The summed E-state index contributed by atoms with van der Waals surface area (Å²) >= 11 is 0. The number of rotatable bonds is 7. The quantitative estimate of drug-likeness (QED) is 0.489. The van der Waals surface area contributed by atoms with E-state index >= 15 is 0 Å². The molecule has 7 heteroatoms. The Balaban J connectivity index is 0.00000320. The number of benzene rings is 2. The fourth-order valence-electron chi connectivity index (χ4n) is 3.36. The molecule has 1 atom stereocenters. The molecule has 30 heavy (non-hydrogen) atoms. The fraction of sp³-hybridized carbons (Fsp3) is 0.304. The van der Waals surface area contributed by atoms with Crippen LogP contribution in [0.4, 0.5) is 0 Å². The van der Waals surface area contributed by atoms with Crippen molar-refractivity contribution in [3.05, 3.63) is 71.8 Å². The summed E-state index contributed by atoms with van der Waals surface area (Å²) in [6, 6.07) is 18.8. The normalized spacial score (nSPS) is 15.3. The third kappa shape index (κ3) is 6.89. The van der Waals surface area contributed by atoms with Crippen molar-refractivity contribution < 1.29 is 31.9 Å². The van der Waals surface area contributed by atoms with Gasteiger partial charge in [0, 0.05) is 6.08 Å². The Morgan fingerprint density at radius 1 is 1.17 bits per heavy atom. The molecule has 0 aromatic heterocycles. The number of quaternary nitrogens is 1. The van der Waals surface area contributed by atoms with Gasteiger partial charge in [-0.15, -0.1) is 0 Å². The SMILES string of the molecule is N#Cc1ccccc1C=CC(=O)N1CC[NH+](CC(O)COc2ccccc2)CC1.[Cl-]. The fourth-order valence-corrected chi connectivity index (χ4v) is 3.36. The second-order valence-electron chi connectivity index (χ2n) is 7.09. The number of para-hydroxylation sites is 1. The lowest BCUT2D eigenvalue weighted by Gasteiger charge is -2.32. The third-order valence-corrected chi connectivity index (χ3v) is 4.98. The van der Waals surface area contributed by atoms with Gasteiger partial charge >= 0.3 is 0 Å². The number of nitrogens with one attached hydrogen (secondary N) is 1. The first-order valence-electron chi connectivity index (χ1n) is 9.81. The highest BCUT2D eigenvalue weighted by Crippen LogP contribution is 2.10. The number of piperazine rings is 1. The highest BCUT2D eigenvalue weighted by atomic mass is 35.5. The van der Waals surface area contributed by atoms with Crippen LogP contribution in [-0.2, 0) is 4.79 Å². The van der Waals surface area contributed by atoms with Gasteiger partial charge in [-0.05, 0) is 29.8 Å². The number of carbonyl (C=O) groups is 1. The predicted molar refractivity (Wildman–Crippen MR) is 110 cm³/mol. The lowest BCUT2D eigenvalue weighted by atomic mass is 10.1. The molecule has 1 saturated heterocycles. The Labute approximate surface area is 183 Å². The van der Waals surface area contributed by atoms with Crippen molar-refractivity contribution >= 4 is 12.0 Å². The Morgan fingerprint density at radius 2 is 1.83 bits per heavy atom. The van der Waals surface area contributed by atoms with Crippen LogP contribution in [0.2, 0.25) is 0 Å². The van der Waals surface area contributed by atoms with E-state index < -0.39 is 6.10 Å². The molecule has 1 unspecified atom stereocenters. The maximum Gasteiger partial charge on any atom is 0.246 e. The average Bonchev–Trinajstić information content (AvgIpc) is 2.77. The number of aliphatic hydroxyl groups excluding tert-OH is 1. The Morgan fingerprint density at radius 3 is 2.53 bits per heavy atom. The number of amides is 1. The van der Waals surface area contributed by atoms with Gasteiger partial charge in [0.2, 0.25) is 5.91 Å². The van der Waals surface area contributed by atoms with Crippen LogP contribution < -0.4 is 22.0 Å². The second-order valence-corrected chi connectivity index (χ2v) is 7.09. The van der Waals surface area contributed by atoms with Gasteiger partial charge in [0.05, 0.1) is 37.8 Å². The number of nitrogens with zero attached hydrogens (tertiary/aromatic N) is 2. The monoisotopic (exact) mass is 427 g/mol. The average molecular weight is 428 g/mol. The summed E-state index contributed by atoms with van der Waals surface area (Å²) in [5.41, 5.74) is 1.30.